The van der Waals surface area contributed by atoms with E-state index in [9.17, 15) is 14.4 Å². The Kier molecular flexibility index (Phi) is 18.3. The Morgan fingerprint density at radius 3 is 1.76 bits per heavy atom. The second-order valence-electron chi connectivity index (χ2n) is 11.5. The van der Waals surface area contributed by atoms with Crippen molar-refractivity contribution in [3.63, 3.8) is 0 Å². The maximum atomic E-state index is 11.7. The third-order valence-electron chi connectivity index (χ3n) is 6.38. The highest BCUT2D eigenvalue weighted by atomic mass is 16.7. The van der Waals surface area contributed by atoms with Crippen LogP contribution in [0.25, 0.3) is 0 Å². The standard InChI is InChI=1S/C30H54O8/c1-24(31)35-23-27-21-26(36-25(2)32)22-29(37-27)34-20-18-16-14-12-10-8-6-7-9-11-13-15-17-19-28(33)38-30(3,4)5/h26-27,29H,6-23H2,1-5H3. The molecule has 3 unspecified atom stereocenters. The van der Waals surface area contributed by atoms with Crippen LogP contribution in [0.2, 0.25) is 0 Å². The largest absolute Gasteiger partial charge is 0.463 e. The Labute approximate surface area is 230 Å². The van der Waals surface area contributed by atoms with Crippen molar-refractivity contribution in [2.45, 2.75) is 161 Å². The summed E-state index contributed by atoms with van der Waals surface area (Å²) in [5.41, 5.74) is -0.381. The molecular weight excluding hydrogens is 488 g/mol. The van der Waals surface area contributed by atoms with Gasteiger partial charge in [-0.15, -0.1) is 0 Å². The fraction of sp³-hybridized carbons (Fsp3) is 0.900. The first kappa shape index (κ1) is 34.4. The maximum absolute atomic E-state index is 11.7. The lowest BCUT2D eigenvalue weighted by molar-refractivity contribution is -0.229. The second-order valence-corrected chi connectivity index (χ2v) is 11.5. The van der Waals surface area contributed by atoms with Gasteiger partial charge in [0, 0.05) is 39.7 Å². The summed E-state index contributed by atoms with van der Waals surface area (Å²) in [4.78, 5) is 34.1. The summed E-state index contributed by atoms with van der Waals surface area (Å²) in [7, 11) is 0. The molecule has 0 bridgehead atoms. The van der Waals surface area contributed by atoms with Crippen molar-refractivity contribution in [3.8, 4) is 0 Å². The van der Waals surface area contributed by atoms with Gasteiger partial charge in [0.1, 0.15) is 18.3 Å². The number of esters is 3. The van der Waals surface area contributed by atoms with Crippen molar-refractivity contribution in [1.29, 1.82) is 0 Å². The minimum absolute atomic E-state index is 0.0798. The van der Waals surface area contributed by atoms with Gasteiger partial charge in [-0.3, -0.25) is 14.4 Å². The van der Waals surface area contributed by atoms with E-state index in [1.165, 1.54) is 71.6 Å². The first-order valence-electron chi connectivity index (χ1n) is 14.8. The van der Waals surface area contributed by atoms with Crippen LogP contribution in [0.3, 0.4) is 0 Å². The van der Waals surface area contributed by atoms with Crippen molar-refractivity contribution < 1.29 is 38.1 Å². The van der Waals surface area contributed by atoms with Gasteiger partial charge in [-0.05, 0) is 33.6 Å². The van der Waals surface area contributed by atoms with E-state index in [4.69, 9.17) is 23.7 Å². The summed E-state index contributed by atoms with van der Waals surface area (Å²) in [6.07, 6.45) is 16.0. The number of hydrogen-bond donors (Lipinski definition) is 0. The minimum atomic E-state index is -0.446. The lowest BCUT2D eigenvalue weighted by Crippen LogP contribution is -2.41. The lowest BCUT2D eigenvalue weighted by Gasteiger charge is -2.34. The van der Waals surface area contributed by atoms with Crippen LogP contribution >= 0.6 is 0 Å². The zero-order valence-corrected chi connectivity index (χ0v) is 24.7. The van der Waals surface area contributed by atoms with Gasteiger partial charge in [-0.2, -0.15) is 0 Å². The third kappa shape index (κ3) is 20.3. The van der Waals surface area contributed by atoms with Crippen molar-refractivity contribution in [3.05, 3.63) is 0 Å². The zero-order valence-electron chi connectivity index (χ0n) is 24.7. The average molecular weight is 543 g/mol. The zero-order chi connectivity index (χ0) is 28.2. The average Bonchev–Trinajstić information content (AvgIpc) is 2.81. The van der Waals surface area contributed by atoms with E-state index in [1.54, 1.807) is 0 Å². The molecule has 1 heterocycles. The van der Waals surface area contributed by atoms with Gasteiger partial charge in [0.25, 0.3) is 0 Å². The Bertz CT molecular complexity index is 657. The predicted octanol–water partition coefficient (Wildman–Crippen LogP) is 6.81. The summed E-state index contributed by atoms with van der Waals surface area (Å²) < 4.78 is 27.5. The monoisotopic (exact) mass is 542 g/mol. The van der Waals surface area contributed by atoms with E-state index in [0.29, 0.717) is 25.9 Å². The van der Waals surface area contributed by atoms with Crippen LogP contribution in [0.15, 0.2) is 0 Å². The van der Waals surface area contributed by atoms with Gasteiger partial charge < -0.3 is 23.7 Å². The fourth-order valence-corrected chi connectivity index (χ4v) is 4.61. The molecule has 0 radical (unpaired) electrons. The van der Waals surface area contributed by atoms with Crippen LogP contribution in [0, 0.1) is 0 Å². The second kappa shape index (κ2) is 20.3. The molecule has 0 aliphatic carbocycles. The number of ether oxygens (including phenoxy) is 5. The normalized spacial score (nSPS) is 19.7. The lowest BCUT2D eigenvalue weighted by atomic mass is 10.0. The van der Waals surface area contributed by atoms with Crippen LogP contribution in [0.5, 0.6) is 0 Å². The van der Waals surface area contributed by atoms with Crippen molar-refractivity contribution >= 4 is 17.9 Å². The highest BCUT2D eigenvalue weighted by Gasteiger charge is 2.32. The van der Waals surface area contributed by atoms with Crippen LogP contribution in [-0.2, 0) is 38.1 Å². The molecule has 0 N–H and O–H groups in total. The van der Waals surface area contributed by atoms with E-state index in [0.717, 1.165) is 25.7 Å². The molecule has 1 rings (SSSR count). The quantitative estimate of drug-likeness (QED) is 0.0940. The molecule has 1 fully saturated rings. The number of unbranched alkanes of at least 4 members (excludes halogenated alkanes) is 12. The molecule has 0 amide bonds. The van der Waals surface area contributed by atoms with Gasteiger partial charge in [0.2, 0.25) is 0 Å². The van der Waals surface area contributed by atoms with Gasteiger partial charge in [0.05, 0.1) is 6.10 Å². The smallest absolute Gasteiger partial charge is 0.306 e. The fourth-order valence-electron chi connectivity index (χ4n) is 4.61. The molecule has 3 atom stereocenters. The van der Waals surface area contributed by atoms with Gasteiger partial charge in [0.15, 0.2) is 6.29 Å². The van der Waals surface area contributed by atoms with Gasteiger partial charge in [-0.25, -0.2) is 0 Å². The van der Waals surface area contributed by atoms with Crippen molar-refractivity contribution in [1.82, 2.24) is 0 Å². The summed E-state index contributed by atoms with van der Waals surface area (Å²) in [5.74, 6) is -0.762. The number of carbonyl (C=O) groups is 3. The summed E-state index contributed by atoms with van der Waals surface area (Å²) in [5, 5.41) is 0. The highest BCUT2D eigenvalue weighted by Crippen LogP contribution is 2.24. The van der Waals surface area contributed by atoms with Gasteiger partial charge in [-0.1, -0.05) is 70.6 Å². The van der Waals surface area contributed by atoms with Crippen LogP contribution < -0.4 is 0 Å². The predicted molar refractivity (Wildman–Crippen MR) is 147 cm³/mol. The molecule has 222 valence electrons. The number of carbonyl (C=O) groups excluding carboxylic acids is 3. The Hall–Kier alpha value is -1.67. The molecule has 8 heteroatoms. The summed E-state index contributed by atoms with van der Waals surface area (Å²) in [6, 6.07) is 0. The number of rotatable bonds is 20. The number of hydrogen-bond acceptors (Lipinski definition) is 8. The van der Waals surface area contributed by atoms with Gasteiger partial charge >= 0.3 is 17.9 Å². The summed E-state index contributed by atoms with van der Waals surface area (Å²) in [6.45, 7) is 9.23. The Morgan fingerprint density at radius 2 is 1.26 bits per heavy atom. The molecule has 0 aromatic rings. The van der Waals surface area contributed by atoms with E-state index in [-0.39, 0.29) is 42.3 Å². The first-order chi connectivity index (χ1) is 18.0. The van der Waals surface area contributed by atoms with Crippen molar-refractivity contribution in [2.24, 2.45) is 0 Å². The molecule has 0 aromatic carbocycles. The molecule has 8 nitrogen and oxygen atoms in total. The Balaban J connectivity index is 1.95. The molecule has 1 aliphatic rings. The highest BCUT2D eigenvalue weighted by molar-refractivity contribution is 5.69. The molecule has 1 aliphatic heterocycles. The van der Waals surface area contributed by atoms with Crippen LogP contribution in [0.1, 0.15) is 137 Å². The molecular formula is C30H54O8. The molecule has 0 spiro atoms. The van der Waals surface area contributed by atoms with E-state index >= 15 is 0 Å². The van der Waals surface area contributed by atoms with E-state index < -0.39 is 6.29 Å². The molecule has 0 saturated carbocycles. The summed E-state index contributed by atoms with van der Waals surface area (Å²) >= 11 is 0. The van der Waals surface area contributed by atoms with Crippen LogP contribution in [0.4, 0.5) is 0 Å². The molecule has 38 heavy (non-hydrogen) atoms. The minimum Gasteiger partial charge on any atom is -0.463 e. The molecule has 0 aromatic heterocycles. The molecule has 1 saturated heterocycles. The topological polar surface area (TPSA) is 97.4 Å². The van der Waals surface area contributed by atoms with Crippen molar-refractivity contribution in [2.75, 3.05) is 13.2 Å². The maximum Gasteiger partial charge on any atom is 0.306 e. The van der Waals surface area contributed by atoms with E-state index in [2.05, 4.69) is 0 Å². The van der Waals surface area contributed by atoms with Crippen LogP contribution in [-0.4, -0.2) is 55.2 Å². The SMILES string of the molecule is CC(=O)OCC1CC(OC(C)=O)CC(OCCCCCCCCCCCCCCCC(=O)OC(C)(C)C)O1. The third-order valence-corrected chi connectivity index (χ3v) is 6.38. The van der Waals surface area contributed by atoms with E-state index in [1.807, 2.05) is 20.8 Å². The first-order valence-corrected chi connectivity index (χ1v) is 14.8. The Morgan fingerprint density at radius 1 is 0.737 bits per heavy atom.